The molecule has 0 bridgehead atoms. The first-order valence-corrected chi connectivity index (χ1v) is 7.98. The maximum absolute atomic E-state index is 11.2. The number of carboxylic acids is 1. The molecule has 0 fully saturated rings. The average molecular weight is 388 g/mol. The van der Waals surface area contributed by atoms with Crippen molar-refractivity contribution in [1.29, 1.82) is 0 Å². The van der Waals surface area contributed by atoms with E-state index in [0.29, 0.717) is 28.3 Å². The smallest absolute Gasteiger partial charge is 0.308 e. The molecule has 0 aliphatic carbocycles. The molecule has 0 spiro atoms. The van der Waals surface area contributed by atoms with Crippen molar-refractivity contribution < 1.29 is 19.1 Å². The zero-order valence-corrected chi connectivity index (χ0v) is 14.4. The molecule has 3 rings (SSSR count). The average Bonchev–Trinajstić information content (AvgIpc) is 2.98. The van der Waals surface area contributed by atoms with Crippen LogP contribution in [0.2, 0.25) is 0 Å². The third-order valence-corrected chi connectivity index (χ3v) is 4.05. The fourth-order valence-corrected chi connectivity index (χ4v) is 2.89. The Morgan fingerprint density at radius 2 is 2.12 bits per heavy atom. The number of benzene rings is 2. The lowest BCUT2D eigenvalue weighted by atomic mass is 10.1. The number of rotatable bonds is 5. The van der Waals surface area contributed by atoms with Crippen molar-refractivity contribution in [2.24, 2.45) is 0 Å². The van der Waals surface area contributed by atoms with Crippen LogP contribution in [0.4, 0.5) is 0 Å². The summed E-state index contributed by atoms with van der Waals surface area (Å²) in [5, 5.41) is 9.20. The molecule has 0 aliphatic rings. The first kappa shape index (κ1) is 16.3. The van der Waals surface area contributed by atoms with Gasteiger partial charge >= 0.3 is 5.97 Å². The molecule has 0 atom stereocenters. The molecule has 5 nitrogen and oxygen atoms in total. The van der Waals surface area contributed by atoms with Gasteiger partial charge in [-0.05, 0) is 51.8 Å². The minimum absolute atomic E-state index is 0.184. The van der Waals surface area contributed by atoms with Crippen molar-refractivity contribution in [2.75, 3.05) is 7.11 Å². The van der Waals surface area contributed by atoms with E-state index in [9.17, 15) is 9.90 Å². The van der Waals surface area contributed by atoms with Crippen molar-refractivity contribution in [2.45, 2.75) is 6.42 Å². The van der Waals surface area contributed by atoms with Gasteiger partial charge in [0.25, 0.3) is 0 Å². The molecule has 0 amide bonds. The molecule has 24 heavy (non-hydrogen) atoms. The third kappa shape index (κ3) is 3.49. The number of carbonyl (C=O) groups is 1. The summed E-state index contributed by atoms with van der Waals surface area (Å²) >= 11 is 3.42. The molecule has 6 heteroatoms. The number of oxazole rings is 1. The van der Waals surface area contributed by atoms with Crippen LogP contribution in [0.1, 0.15) is 17.9 Å². The minimum Gasteiger partial charge on any atom is -0.496 e. The summed E-state index contributed by atoms with van der Waals surface area (Å²) in [5.41, 5.74) is 2.64. The first-order valence-electron chi connectivity index (χ1n) is 7.18. The fraction of sp³-hybridized carbons (Fsp3) is 0.111. The summed E-state index contributed by atoms with van der Waals surface area (Å²) in [6, 6.07) is 12.8. The topological polar surface area (TPSA) is 72.6 Å². The lowest BCUT2D eigenvalue weighted by molar-refractivity contribution is -0.135. The van der Waals surface area contributed by atoms with E-state index in [-0.39, 0.29) is 6.42 Å². The van der Waals surface area contributed by atoms with Crippen LogP contribution in [0.5, 0.6) is 5.75 Å². The molecule has 0 saturated heterocycles. The standard InChI is InChI=1S/C18H14BrNO4/c1-23-15-7-6-11(9-13(15)19)8-12(10-17(21)22)18-20-14-4-2-3-5-16(14)24-18/h2-9H,10H2,1H3,(H,21,22)/b12-8+. The van der Waals surface area contributed by atoms with Gasteiger partial charge in [-0.2, -0.15) is 0 Å². The second kappa shape index (κ2) is 6.88. The van der Waals surface area contributed by atoms with Crippen LogP contribution in [-0.4, -0.2) is 23.2 Å². The number of methoxy groups -OCH3 is 1. The van der Waals surface area contributed by atoms with E-state index in [1.807, 2.05) is 30.3 Å². The Kier molecular flexibility index (Phi) is 4.66. The highest BCUT2D eigenvalue weighted by Gasteiger charge is 2.14. The SMILES string of the molecule is COc1ccc(/C=C(\CC(=O)O)c2nc3ccccc3o2)cc1Br. The van der Waals surface area contributed by atoms with Gasteiger partial charge in [0.2, 0.25) is 5.89 Å². The Morgan fingerprint density at radius 3 is 2.79 bits per heavy atom. The van der Waals surface area contributed by atoms with Gasteiger partial charge in [-0.25, -0.2) is 4.98 Å². The van der Waals surface area contributed by atoms with Crippen molar-refractivity contribution >= 4 is 44.6 Å². The van der Waals surface area contributed by atoms with E-state index < -0.39 is 5.97 Å². The number of nitrogens with zero attached hydrogens (tertiary/aromatic N) is 1. The number of fused-ring (bicyclic) bond motifs is 1. The van der Waals surface area contributed by atoms with Crippen LogP contribution < -0.4 is 4.74 Å². The van der Waals surface area contributed by atoms with Crippen LogP contribution in [-0.2, 0) is 4.79 Å². The van der Waals surface area contributed by atoms with Crippen molar-refractivity contribution in [1.82, 2.24) is 4.98 Å². The summed E-state index contributed by atoms with van der Waals surface area (Å²) < 4.78 is 11.7. The van der Waals surface area contributed by atoms with E-state index in [1.54, 1.807) is 25.3 Å². The van der Waals surface area contributed by atoms with Gasteiger partial charge in [0.15, 0.2) is 5.58 Å². The summed E-state index contributed by atoms with van der Waals surface area (Å²) in [5.74, 6) is 0.0652. The van der Waals surface area contributed by atoms with Gasteiger partial charge in [0.1, 0.15) is 11.3 Å². The van der Waals surface area contributed by atoms with Crippen molar-refractivity contribution in [3.8, 4) is 5.75 Å². The summed E-state index contributed by atoms with van der Waals surface area (Å²) in [7, 11) is 1.59. The van der Waals surface area contributed by atoms with E-state index in [4.69, 9.17) is 9.15 Å². The number of ether oxygens (including phenoxy) is 1. The Hall–Kier alpha value is -2.60. The minimum atomic E-state index is -0.948. The maximum atomic E-state index is 11.2. The number of halogens is 1. The molecule has 1 N–H and O–H groups in total. The van der Waals surface area contributed by atoms with Crippen LogP contribution >= 0.6 is 15.9 Å². The number of aromatic nitrogens is 1. The Bertz CT molecular complexity index is 897. The molecule has 1 heterocycles. The molecular weight excluding hydrogens is 374 g/mol. The van der Waals surface area contributed by atoms with Crippen LogP contribution in [0.25, 0.3) is 22.7 Å². The van der Waals surface area contributed by atoms with E-state index >= 15 is 0 Å². The van der Waals surface area contributed by atoms with Gasteiger partial charge in [0.05, 0.1) is 18.0 Å². The van der Waals surface area contributed by atoms with E-state index in [0.717, 1.165) is 10.0 Å². The predicted molar refractivity (Wildman–Crippen MR) is 94.8 cm³/mol. The zero-order chi connectivity index (χ0) is 17.1. The van der Waals surface area contributed by atoms with Gasteiger partial charge in [-0.3, -0.25) is 4.79 Å². The predicted octanol–water partition coefficient (Wildman–Crippen LogP) is 4.61. The zero-order valence-electron chi connectivity index (χ0n) is 12.8. The molecule has 0 unspecified atom stereocenters. The number of hydrogen-bond acceptors (Lipinski definition) is 4. The highest BCUT2D eigenvalue weighted by molar-refractivity contribution is 9.10. The highest BCUT2D eigenvalue weighted by Crippen LogP contribution is 2.29. The lowest BCUT2D eigenvalue weighted by Crippen LogP contribution is -1.97. The largest absolute Gasteiger partial charge is 0.496 e. The fourth-order valence-electron chi connectivity index (χ4n) is 2.33. The highest BCUT2D eigenvalue weighted by atomic mass is 79.9. The maximum Gasteiger partial charge on any atom is 0.308 e. The van der Waals surface area contributed by atoms with Crippen molar-refractivity contribution in [3.05, 3.63) is 58.4 Å². The molecule has 0 aliphatic heterocycles. The van der Waals surface area contributed by atoms with Crippen LogP contribution in [0.15, 0.2) is 51.4 Å². The van der Waals surface area contributed by atoms with Gasteiger partial charge in [-0.15, -0.1) is 0 Å². The summed E-state index contributed by atoms with van der Waals surface area (Å²) in [6.45, 7) is 0. The van der Waals surface area contributed by atoms with Gasteiger partial charge in [0, 0.05) is 5.57 Å². The number of hydrogen-bond donors (Lipinski definition) is 1. The van der Waals surface area contributed by atoms with Gasteiger partial charge < -0.3 is 14.3 Å². The molecule has 2 aromatic carbocycles. The molecule has 0 saturated carbocycles. The number of aliphatic carboxylic acids is 1. The molecule has 0 radical (unpaired) electrons. The molecule has 1 aromatic heterocycles. The molecular formula is C18H14BrNO4. The second-order valence-electron chi connectivity index (χ2n) is 5.12. The first-order chi connectivity index (χ1) is 11.6. The van der Waals surface area contributed by atoms with E-state index in [2.05, 4.69) is 20.9 Å². The number of para-hydroxylation sites is 2. The number of carboxylic acid groups (broad SMARTS) is 1. The van der Waals surface area contributed by atoms with E-state index in [1.165, 1.54) is 0 Å². The van der Waals surface area contributed by atoms with Crippen LogP contribution in [0, 0.1) is 0 Å². The van der Waals surface area contributed by atoms with Crippen molar-refractivity contribution in [3.63, 3.8) is 0 Å². The van der Waals surface area contributed by atoms with Crippen LogP contribution in [0.3, 0.4) is 0 Å². The monoisotopic (exact) mass is 387 g/mol. The normalized spacial score (nSPS) is 11.7. The molecule has 3 aromatic rings. The third-order valence-electron chi connectivity index (χ3n) is 3.43. The molecule has 122 valence electrons. The lowest BCUT2D eigenvalue weighted by Gasteiger charge is -2.05. The Labute approximate surface area is 146 Å². The quantitative estimate of drug-likeness (QED) is 0.691. The second-order valence-corrected chi connectivity index (χ2v) is 5.98. The summed E-state index contributed by atoms with van der Waals surface area (Å²) in [6.07, 6.45) is 1.57. The van der Waals surface area contributed by atoms with Gasteiger partial charge in [-0.1, -0.05) is 18.2 Å². The Morgan fingerprint density at radius 1 is 1.33 bits per heavy atom. The Balaban J connectivity index is 2.05. The summed E-state index contributed by atoms with van der Waals surface area (Å²) in [4.78, 5) is 15.6.